The second-order valence-electron chi connectivity index (χ2n) is 6.82. The largest absolute Gasteiger partial charge is 0.481 e. The van der Waals surface area contributed by atoms with E-state index >= 15 is 0 Å². The Morgan fingerprint density at radius 2 is 1.93 bits per heavy atom. The molecule has 0 bridgehead atoms. The maximum absolute atomic E-state index is 10.8. The fourth-order valence-electron chi connectivity index (χ4n) is 2.54. The molecule has 6 nitrogen and oxygen atoms in total. The third kappa shape index (κ3) is 14.7. The highest BCUT2D eigenvalue weighted by atomic mass is 16.6. The van der Waals surface area contributed by atoms with Crippen molar-refractivity contribution >= 4 is 17.4 Å². The number of nitrogens with one attached hydrogen (secondary N) is 1. The molecule has 0 saturated heterocycles. The average molecular weight is 418 g/mol. The number of rotatable bonds is 16. The molecule has 0 fully saturated rings. The highest BCUT2D eigenvalue weighted by Crippen LogP contribution is 2.13. The monoisotopic (exact) mass is 417 g/mol. The van der Waals surface area contributed by atoms with Crippen LogP contribution in [0.15, 0.2) is 58.3 Å². The van der Waals surface area contributed by atoms with Crippen LogP contribution in [-0.4, -0.2) is 35.7 Å². The highest BCUT2D eigenvalue weighted by molar-refractivity contribution is 6.43. The minimum absolute atomic E-state index is 0.0757. The minimum atomic E-state index is -0.771. The summed E-state index contributed by atoms with van der Waals surface area (Å²) in [6, 6.07) is 0. The number of hydrogen-bond acceptors (Lipinski definition) is 5. The predicted molar refractivity (Wildman–Crippen MR) is 127 cm³/mol. The van der Waals surface area contributed by atoms with Crippen LogP contribution in [0.4, 0.5) is 0 Å². The lowest BCUT2D eigenvalue weighted by molar-refractivity contribution is -0.137. The fourth-order valence-corrected chi connectivity index (χ4v) is 2.54. The number of unbranched alkanes of at least 4 members (excludes halogenated alkanes) is 1. The molecule has 0 aliphatic heterocycles. The van der Waals surface area contributed by atoms with Gasteiger partial charge in [-0.15, -0.1) is 0 Å². The maximum atomic E-state index is 10.8. The number of allylic oxidation sites excluding steroid dienone is 6. The first kappa shape index (κ1) is 27.7. The lowest BCUT2D eigenvalue weighted by Gasteiger charge is -2.14. The summed E-state index contributed by atoms with van der Waals surface area (Å²) in [5.41, 5.74) is 5.43. The van der Waals surface area contributed by atoms with Crippen LogP contribution in [0.3, 0.4) is 0 Å². The van der Waals surface area contributed by atoms with Gasteiger partial charge in [0, 0.05) is 30.8 Å². The van der Waals surface area contributed by atoms with Crippen molar-refractivity contribution in [1.29, 1.82) is 0 Å². The second kappa shape index (κ2) is 18.7. The molecular weight excluding hydrogens is 378 g/mol. The van der Waals surface area contributed by atoms with Crippen LogP contribution >= 0.6 is 0 Å². The molecule has 0 rings (SSSR count). The number of aliphatic imine (C=N–C) groups is 2. The molecule has 0 spiro atoms. The van der Waals surface area contributed by atoms with Crippen molar-refractivity contribution < 1.29 is 14.7 Å². The van der Waals surface area contributed by atoms with E-state index in [0.29, 0.717) is 19.4 Å². The molecule has 0 aliphatic rings. The molecule has 0 aromatic carbocycles. The number of hydroxylamine groups is 1. The molecule has 30 heavy (non-hydrogen) atoms. The quantitative estimate of drug-likeness (QED) is 0.147. The zero-order chi connectivity index (χ0) is 22.6. The van der Waals surface area contributed by atoms with E-state index in [9.17, 15) is 4.79 Å². The number of hydrogen-bond donors (Lipinski definition) is 2. The number of carboxylic acids is 1. The van der Waals surface area contributed by atoms with Crippen molar-refractivity contribution in [2.75, 3.05) is 13.2 Å². The number of aliphatic carboxylic acids is 1. The molecular formula is C24H39N3O3. The Morgan fingerprint density at radius 1 is 1.20 bits per heavy atom. The highest BCUT2D eigenvalue weighted by Gasteiger charge is 2.15. The number of carboxylic acid groups (broad SMARTS) is 1. The molecule has 0 aliphatic carbocycles. The van der Waals surface area contributed by atoms with Crippen LogP contribution in [0, 0.1) is 5.92 Å². The third-order valence-corrected chi connectivity index (χ3v) is 4.05. The zero-order valence-electron chi connectivity index (χ0n) is 19.2. The van der Waals surface area contributed by atoms with E-state index in [1.54, 1.807) is 6.20 Å². The van der Waals surface area contributed by atoms with Crippen molar-refractivity contribution in [1.82, 2.24) is 5.48 Å². The first-order valence-electron chi connectivity index (χ1n) is 10.8. The lowest BCUT2D eigenvalue weighted by Crippen LogP contribution is -2.21. The molecule has 1 unspecified atom stereocenters. The van der Waals surface area contributed by atoms with Gasteiger partial charge < -0.3 is 5.11 Å². The first-order chi connectivity index (χ1) is 14.5. The van der Waals surface area contributed by atoms with Crippen LogP contribution in [-0.2, 0) is 9.63 Å². The molecule has 0 amide bonds. The Morgan fingerprint density at radius 3 is 2.57 bits per heavy atom. The third-order valence-electron chi connectivity index (χ3n) is 4.05. The summed E-state index contributed by atoms with van der Waals surface area (Å²) in [7, 11) is 0. The van der Waals surface area contributed by atoms with Gasteiger partial charge in [0.1, 0.15) is 0 Å². The number of nitrogens with zero attached hydrogens (tertiary/aromatic N) is 2. The summed E-state index contributed by atoms with van der Waals surface area (Å²) in [6.45, 7) is 11.2. The van der Waals surface area contributed by atoms with Crippen LogP contribution in [0.5, 0.6) is 0 Å². The molecule has 0 radical (unpaired) electrons. The Bertz CT molecular complexity index is 659. The molecule has 6 heteroatoms. The van der Waals surface area contributed by atoms with Gasteiger partial charge in [-0.1, -0.05) is 51.2 Å². The van der Waals surface area contributed by atoms with E-state index in [2.05, 4.69) is 36.5 Å². The van der Waals surface area contributed by atoms with Gasteiger partial charge in [-0.2, -0.15) is 0 Å². The predicted octanol–water partition coefficient (Wildman–Crippen LogP) is 5.65. The normalized spacial score (nSPS) is 15.0. The fraction of sp³-hybridized carbons (Fsp3) is 0.542. The van der Waals surface area contributed by atoms with E-state index in [1.165, 1.54) is 0 Å². The van der Waals surface area contributed by atoms with Gasteiger partial charge in [-0.3, -0.25) is 19.6 Å². The zero-order valence-corrected chi connectivity index (χ0v) is 19.2. The standard InChI is InChI=1S/C24H39N3O3/c1-6-9-10-11-14-20(4)24(25-18-7-2)22(15-12-13-16-23(28)29)27-21(5)17-19-30-26-8-3/h7,9-11,14,17-18,20,26H,6,8,12-13,15-16,19H2,1-5H3,(H,28,29)/b10-9-,14-11-,18-7+,21-17+,25-24?,27-22?. The summed E-state index contributed by atoms with van der Waals surface area (Å²) >= 11 is 0. The summed E-state index contributed by atoms with van der Waals surface area (Å²) in [4.78, 5) is 25.6. The van der Waals surface area contributed by atoms with Gasteiger partial charge >= 0.3 is 5.97 Å². The second-order valence-corrected chi connectivity index (χ2v) is 6.82. The summed E-state index contributed by atoms with van der Waals surface area (Å²) in [6.07, 6.45) is 17.1. The van der Waals surface area contributed by atoms with Crippen LogP contribution in [0.25, 0.3) is 0 Å². The minimum Gasteiger partial charge on any atom is -0.481 e. The average Bonchev–Trinajstić information content (AvgIpc) is 2.71. The molecule has 2 N–H and O–H groups in total. The molecule has 0 aromatic rings. The lowest BCUT2D eigenvalue weighted by atomic mass is 9.96. The molecule has 168 valence electrons. The first-order valence-corrected chi connectivity index (χ1v) is 10.8. The summed E-state index contributed by atoms with van der Waals surface area (Å²) in [5, 5.41) is 8.91. The Balaban J connectivity index is 5.65. The van der Waals surface area contributed by atoms with Crippen LogP contribution in [0.2, 0.25) is 0 Å². The summed E-state index contributed by atoms with van der Waals surface area (Å²) in [5.74, 6) is -0.696. The topological polar surface area (TPSA) is 83.3 Å². The van der Waals surface area contributed by atoms with E-state index in [4.69, 9.17) is 14.9 Å². The Labute approximate surface area is 182 Å². The van der Waals surface area contributed by atoms with Gasteiger partial charge in [0.15, 0.2) is 0 Å². The van der Waals surface area contributed by atoms with Gasteiger partial charge in [0.25, 0.3) is 0 Å². The smallest absolute Gasteiger partial charge is 0.303 e. The van der Waals surface area contributed by atoms with Crippen LogP contribution in [0.1, 0.15) is 66.7 Å². The SMILES string of the molecule is C/C=C/N=C(C(CCCCC(=O)O)=N/C(C)=C/CONCC)C(C)/C=C\C=C/CC. The van der Waals surface area contributed by atoms with Crippen molar-refractivity contribution in [3.63, 3.8) is 0 Å². The molecule has 1 atom stereocenters. The van der Waals surface area contributed by atoms with E-state index in [0.717, 1.165) is 36.5 Å². The van der Waals surface area contributed by atoms with Gasteiger partial charge in [0.05, 0.1) is 18.0 Å². The molecule has 0 aromatic heterocycles. The van der Waals surface area contributed by atoms with Crippen molar-refractivity contribution in [3.8, 4) is 0 Å². The van der Waals surface area contributed by atoms with E-state index in [-0.39, 0.29) is 12.3 Å². The molecule has 0 saturated carbocycles. The maximum Gasteiger partial charge on any atom is 0.303 e. The van der Waals surface area contributed by atoms with Crippen LogP contribution < -0.4 is 5.48 Å². The van der Waals surface area contributed by atoms with Gasteiger partial charge in [0.2, 0.25) is 0 Å². The number of carbonyl (C=O) groups is 1. The Hall–Kier alpha value is -2.31. The van der Waals surface area contributed by atoms with Crippen molar-refractivity contribution in [3.05, 3.63) is 48.4 Å². The Kier molecular flexibility index (Phi) is 17.3. The van der Waals surface area contributed by atoms with E-state index < -0.39 is 5.97 Å². The van der Waals surface area contributed by atoms with Crippen molar-refractivity contribution in [2.45, 2.75) is 66.7 Å². The van der Waals surface area contributed by atoms with E-state index in [1.807, 2.05) is 45.1 Å². The van der Waals surface area contributed by atoms with Crippen molar-refractivity contribution in [2.24, 2.45) is 15.9 Å². The van der Waals surface area contributed by atoms with Gasteiger partial charge in [-0.05, 0) is 45.6 Å². The summed E-state index contributed by atoms with van der Waals surface area (Å²) < 4.78 is 0. The molecule has 0 heterocycles. The van der Waals surface area contributed by atoms with Gasteiger partial charge in [-0.25, -0.2) is 5.48 Å².